The minimum absolute atomic E-state index is 0.261. The number of aryl methyl sites for hydroxylation is 1. The largest absolute Gasteiger partial charge is 0.373 e. The standard InChI is InChI=1S/C7H9N5O/c1-4-9-5(8-2)3-6-10-11-7(13)12(4)6/h3,8H,1-2H3,(H,11,13). The third kappa shape index (κ3) is 1.07. The van der Waals surface area contributed by atoms with Crippen LogP contribution in [-0.2, 0) is 0 Å². The second kappa shape index (κ2) is 2.58. The maximum absolute atomic E-state index is 11.2. The van der Waals surface area contributed by atoms with Gasteiger partial charge in [0, 0.05) is 13.1 Å². The summed E-state index contributed by atoms with van der Waals surface area (Å²) < 4.78 is 1.42. The van der Waals surface area contributed by atoms with Crippen LogP contribution >= 0.6 is 0 Å². The number of hydrogen-bond donors (Lipinski definition) is 2. The van der Waals surface area contributed by atoms with Crippen LogP contribution in [0.2, 0.25) is 0 Å². The van der Waals surface area contributed by atoms with E-state index in [1.165, 1.54) is 4.40 Å². The van der Waals surface area contributed by atoms with Crippen LogP contribution in [-0.4, -0.2) is 26.6 Å². The molecule has 2 heterocycles. The molecule has 2 N–H and O–H groups in total. The van der Waals surface area contributed by atoms with Crippen LogP contribution in [0.5, 0.6) is 0 Å². The average Bonchev–Trinajstić information content (AvgIpc) is 2.48. The van der Waals surface area contributed by atoms with Crippen LogP contribution in [0, 0.1) is 6.92 Å². The summed E-state index contributed by atoms with van der Waals surface area (Å²) in [6.45, 7) is 1.75. The Kier molecular flexibility index (Phi) is 1.54. The molecule has 0 saturated carbocycles. The molecule has 0 aliphatic heterocycles. The Bertz CT molecular complexity index is 497. The van der Waals surface area contributed by atoms with E-state index in [9.17, 15) is 4.79 Å². The number of nitrogens with one attached hydrogen (secondary N) is 2. The molecule has 6 heteroatoms. The van der Waals surface area contributed by atoms with Gasteiger partial charge in [0.25, 0.3) is 0 Å². The molecule has 0 saturated heterocycles. The van der Waals surface area contributed by atoms with Crippen molar-refractivity contribution in [2.75, 3.05) is 12.4 Å². The van der Waals surface area contributed by atoms with Crippen molar-refractivity contribution in [2.24, 2.45) is 0 Å². The minimum atomic E-state index is -0.261. The van der Waals surface area contributed by atoms with Gasteiger partial charge in [-0.15, -0.1) is 0 Å². The molecule has 68 valence electrons. The van der Waals surface area contributed by atoms with Gasteiger partial charge in [-0.2, -0.15) is 5.10 Å². The first-order chi connectivity index (χ1) is 6.22. The molecule has 2 rings (SSSR count). The van der Waals surface area contributed by atoms with Gasteiger partial charge in [0.15, 0.2) is 5.65 Å². The Hall–Kier alpha value is -1.85. The van der Waals surface area contributed by atoms with E-state index in [1.54, 1.807) is 20.0 Å². The Balaban J connectivity index is 2.87. The topological polar surface area (TPSA) is 75.1 Å². The van der Waals surface area contributed by atoms with E-state index in [0.717, 1.165) is 0 Å². The normalized spacial score (nSPS) is 10.6. The van der Waals surface area contributed by atoms with Crippen molar-refractivity contribution >= 4 is 11.5 Å². The molecule has 13 heavy (non-hydrogen) atoms. The molecule has 0 radical (unpaired) electrons. The fourth-order valence-electron chi connectivity index (χ4n) is 1.23. The van der Waals surface area contributed by atoms with Crippen LogP contribution in [0.15, 0.2) is 10.9 Å². The zero-order valence-electron chi connectivity index (χ0n) is 7.33. The van der Waals surface area contributed by atoms with Crippen molar-refractivity contribution in [3.63, 3.8) is 0 Å². The van der Waals surface area contributed by atoms with Gasteiger partial charge in [-0.3, -0.25) is 0 Å². The monoisotopic (exact) mass is 179 g/mol. The van der Waals surface area contributed by atoms with Gasteiger partial charge in [0.2, 0.25) is 0 Å². The summed E-state index contributed by atoms with van der Waals surface area (Å²) in [5, 5.41) is 9.08. The van der Waals surface area contributed by atoms with Gasteiger partial charge in [-0.1, -0.05) is 0 Å². The highest BCUT2D eigenvalue weighted by molar-refractivity contribution is 5.49. The summed E-state index contributed by atoms with van der Waals surface area (Å²) in [6, 6.07) is 1.70. The van der Waals surface area contributed by atoms with Gasteiger partial charge < -0.3 is 5.32 Å². The number of anilines is 1. The predicted molar refractivity (Wildman–Crippen MR) is 47.9 cm³/mol. The summed E-state index contributed by atoms with van der Waals surface area (Å²) in [4.78, 5) is 15.3. The summed E-state index contributed by atoms with van der Waals surface area (Å²) >= 11 is 0. The molecule has 0 bridgehead atoms. The van der Waals surface area contributed by atoms with Crippen LogP contribution in [0.25, 0.3) is 5.65 Å². The Labute approximate surface area is 73.6 Å². The van der Waals surface area contributed by atoms with Crippen LogP contribution in [0.4, 0.5) is 5.82 Å². The van der Waals surface area contributed by atoms with E-state index in [-0.39, 0.29) is 5.69 Å². The van der Waals surface area contributed by atoms with Crippen molar-refractivity contribution in [3.8, 4) is 0 Å². The molecule has 0 aliphatic carbocycles. The maximum Gasteiger partial charge on any atom is 0.349 e. The number of aromatic amines is 1. The van der Waals surface area contributed by atoms with Crippen molar-refractivity contribution in [2.45, 2.75) is 6.92 Å². The molecule has 0 amide bonds. The van der Waals surface area contributed by atoms with Crippen LogP contribution < -0.4 is 11.0 Å². The van der Waals surface area contributed by atoms with Crippen LogP contribution in [0.3, 0.4) is 0 Å². The van der Waals surface area contributed by atoms with E-state index >= 15 is 0 Å². The Morgan fingerprint density at radius 2 is 2.38 bits per heavy atom. The lowest BCUT2D eigenvalue weighted by molar-refractivity contribution is 0.937. The second-order valence-corrected chi connectivity index (χ2v) is 2.66. The Morgan fingerprint density at radius 3 is 3.08 bits per heavy atom. The molecule has 6 nitrogen and oxygen atoms in total. The van der Waals surface area contributed by atoms with Gasteiger partial charge in [-0.05, 0) is 6.92 Å². The number of aromatic nitrogens is 4. The third-order valence-corrected chi connectivity index (χ3v) is 1.83. The molecular formula is C7H9N5O. The lowest BCUT2D eigenvalue weighted by Gasteiger charge is -2.01. The summed E-state index contributed by atoms with van der Waals surface area (Å²) in [6.07, 6.45) is 0. The lowest BCUT2D eigenvalue weighted by Crippen LogP contribution is -2.13. The molecule has 0 spiro atoms. The minimum Gasteiger partial charge on any atom is -0.373 e. The SMILES string of the molecule is CNc1cc2n[nH]c(=O)n2c(C)n1. The second-order valence-electron chi connectivity index (χ2n) is 2.66. The number of nitrogens with zero attached hydrogens (tertiary/aromatic N) is 3. The highest BCUT2D eigenvalue weighted by atomic mass is 16.1. The molecule has 2 aromatic rings. The summed E-state index contributed by atoms with van der Waals surface area (Å²) in [7, 11) is 1.77. The first kappa shape index (κ1) is 7.78. The zero-order chi connectivity index (χ0) is 9.42. The Morgan fingerprint density at radius 1 is 1.62 bits per heavy atom. The summed E-state index contributed by atoms with van der Waals surface area (Å²) in [5.41, 5.74) is 0.310. The van der Waals surface area contributed by atoms with Crippen molar-refractivity contribution in [3.05, 3.63) is 22.4 Å². The van der Waals surface area contributed by atoms with E-state index in [2.05, 4.69) is 20.5 Å². The zero-order valence-corrected chi connectivity index (χ0v) is 7.33. The third-order valence-electron chi connectivity index (χ3n) is 1.83. The smallest absolute Gasteiger partial charge is 0.349 e. The van der Waals surface area contributed by atoms with Crippen LogP contribution in [0.1, 0.15) is 5.82 Å². The quantitative estimate of drug-likeness (QED) is 0.634. The number of H-pyrrole nitrogens is 1. The first-order valence-corrected chi connectivity index (χ1v) is 3.85. The van der Waals surface area contributed by atoms with Gasteiger partial charge >= 0.3 is 5.69 Å². The molecular weight excluding hydrogens is 170 g/mol. The average molecular weight is 179 g/mol. The highest BCUT2D eigenvalue weighted by Gasteiger charge is 2.04. The van der Waals surface area contributed by atoms with E-state index in [1.807, 2.05) is 0 Å². The molecule has 0 fully saturated rings. The molecule has 0 aromatic carbocycles. The fraction of sp³-hybridized carbons (Fsp3) is 0.286. The summed E-state index contributed by atoms with van der Waals surface area (Å²) in [5.74, 6) is 1.31. The molecule has 0 aliphatic rings. The maximum atomic E-state index is 11.2. The lowest BCUT2D eigenvalue weighted by atomic mass is 10.5. The number of hydrogen-bond acceptors (Lipinski definition) is 4. The molecule has 0 atom stereocenters. The van der Waals surface area contributed by atoms with Gasteiger partial charge in [-0.25, -0.2) is 19.3 Å². The van der Waals surface area contributed by atoms with Gasteiger partial charge in [0.1, 0.15) is 11.6 Å². The molecule has 0 unspecified atom stereocenters. The number of rotatable bonds is 1. The fourth-order valence-corrected chi connectivity index (χ4v) is 1.23. The van der Waals surface area contributed by atoms with E-state index < -0.39 is 0 Å². The van der Waals surface area contributed by atoms with E-state index in [4.69, 9.17) is 0 Å². The molecule has 2 aromatic heterocycles. The highest BCUT2D eigenvalue weighted by Crippen LogP contribution is 2.05. The first-order valence-electron chi connectivity index (χ1n) is 3.85. The predicted octanol–water partition coefficient (Wildman–Crippen LogP) is -0.232. The van der Waals surface area contributed by atoms with E-state index in [0.29, 0.717) is 17.3 Å². The van der Waals surface area contributed by atoms with Crippen molar-refractivity contribution < 1.29 is 0 Å². The van der Waals surface area contributed by atoms with Crippen molar-refractivity contribution in [1.29, 1.82) is 0 Å². The van der Waals surface area contributed by atoms with Crippen molar-refractivity contribution in [1.82, 2.24) is 19.6 Å². The number of fused-ring (bicyclic) bond motifs is 1. The van der Waals surface area contributed by atoms with Gasteiger partial charge in [0.05, 0.1) is 0 Å².